The van der Waals surface area contributed by atoms with E-state index in [0.29, 0.717) is 45.1 Å². The summed E-state index contributed by atoms with van der Waals surface area (Å²) in [6, 6.07) is 1.82. The number of rotatable bonds is 4. The van der Waals surface area contributed by atoms with Crippen molar-refractivity contribution in [1.82, 2.24) is 18.8 Å². The highest BCUT2D eigenvalue weighted by Crippen LogP contribution is 2.28. The van der Waals surface area contributed by atoms with Gasteiger partial charge in [-0.25, -0.2) is 0 Å². The van der Waals surface area contributed by atoms with Crippen molar-refractivity contribution in [3.63, 3.8) is 0 Å². The van der Waals surface area contributed by atoms with Crippen LogP contribution < -0.4 is 0 Å². The number of hydrogen-bond donors (Lipinski definition) is 2. The second kappa shape index (κ2) is 6.63. The van der Waals surface area contributed by atoms with Crippen LogP contribution in [-0.4, -0.2) is 71.7 Å². The van der Waals surface area contributed by atoms with E-state index in [1.807, 2.05) is 6.07 Å². The fraction of sp³-hybridized carbons (Fsp3) is 0.769. The molecule has 9 heteroatoms. The van der Waals surface area contributed by atoms with Crippen LogP contribution in [0.5, 0.6) is 0 Å². The van der Waals surface area contributed by atoms with Crippen LogP contribution in [0, 0.1) is 0 Å². The Balaban J connectivity index is 1.71. The maximum absolute atomic E-state index is 12.7. The molecule has 1 aromatic heterocycles. The lowest BCUT2D eigenvalue weighted by Gasteiger charge is -2.36. The van der Waals surface area contributed by atoms with Crippen molar-refractivity contribution in [1.29, 1.82) is 0 Å². The molecule has 2 saturated heterocycles. The second-order valence-electron chi connectivity index (χ2n) is 5.69. The van der Waals surface area contributed by atoms with Crippen molar-refractivity contribution in [2.24, 2.45) is 0 Å². The molecule has 3 heterocycles. The zero-order chi connectivity index (χ0) is 15.6. The number of aliphatic hydroxyl groups excluding tert-OH is 1. The largest absolute Gasteiger partial charge is 0.390 e. The maximum atomic E-state index is 12.7. The van der Waals surface area contributed by atoms with Gasteiger partial charge in [0.2, 0.25) is 0 Å². The number of hydrogen-bond acceptors (Lipinski definition) is 5. The van der Waals surface area contributed by atoms with Crippen LogP contribution in [0.2, 0.25) is 0 Å². The van der Waals surface area contributed by atoms with Crippen molar-refractivity contribution in [3.05, 3.63) is 17.5 Å². The van der Waals surface area contributed by atoms with Gasteiger partial charge in [0, 0.05) is 32.1 Å². The summed E-state index contributed by atoms with van der Waals surface area (Å²) in [5.74, 6) is 0.0705. The Kier molecular flexibility index (Phi) is 4.79. The topological polar surface area (TPSA) is 98.8 Å². The van der Waals surface area contributed by atoms with Crippen molar-refractivity contribution in [3.8, 4) is 0 Å². The molecule has 0 radical (unpaired) electrons. The first-order valence-electron chi connectivity index (χ1n) is 7.59. The number of aromatic nitrogens is 2. The molecule has 124 valence electrons. The number of aliphatic hydroxyl groups is 1. The highest BCUT2D eigenvalue weighted by Gasteiger charge is 2.35. The minimum absolute atomic E-state index is 0.0705. The molecule has 0 bridgehead atoms. The fourth-order valence-electron chi connectivity index (χ4n) is 3.00. The van der Waals surface area contributed by atoms with Crippen LogP contribution in [0.1, 0.15) is 30.1 Å². The fourth-order valence-corrected chi connectivity index (χ4v) is 4.67. The van der Waals surface area contributed by atoms with E-state index in [-0.39, 0.29) is 12.5 Å². The standard InChI is InChI=1S/C13H22N4O4S/c18-10-12-8-13(15-14-12)11-2-1-3-17(9-11)22(19,20)16-4-6-21-7-5-16/h8,11,18H,1-7,9-10H2,(H,14,15)/t11-/m1/s1. The van der Waals surface area contributed by atoms with E-state index in [0.717, 1.165) is 18.5 Å². The predicted octanol–water partition coefficient (Wildman–Crippen LogP) is -0.342. The Bertz CT molecular complexity index is 597. The monoisotopic (exact) mass is 330 g/mol. The predicted molar refractivity (Wildman–Crippen MR) is 79.4 cm³/mol. The number of piperidine rings is 1. The number of ether oxygens (including phenoxy) is 1. The molecule has 2 aliphatic rings. The first-order chi connectivity index (χ1) is 10.6. The van der Waals surface area contributed by atoms with Crippen LogP contribution in [-0.2, 0) is 21.6 Å². The summed E-state index contributed by atoms with van der Waals surface area (Å²) in [7, 11) is -3.43. The van der Waals surface area contributed by atoms with Crippen LogP contribution in [0.15, 0.2) is 6.07 Å². The molecule has 0 aromatic carbocycles. The maximum Gasteiger partial charge on any atom is 0.282 e. The van der Waals surface area contributed by atoms with Crippen molar-refractivity contribution >= 4 is 10.2 Å². The van der Waals surface area contributed by atoms with Gasteiger partial charge in [-0.05, 0) is 18.9 Å². The van der Waals surface area contributed by atoms with E-state index in [9.17, 15) is 8.42 Å². The summed E-state index contributed by atoms with van der Waals surface area (Å²) in [4.78, 5) is 0. The van der Waals surface area contributed by atoms with Gasteiger partial charge in [0.15, 0.2) is 0 Å². The summed E-state index contributed by atoms with van der Waals surface area (Å²) in [6.45, 7) is 2.64. The Morgan fingerprint density at radius 3 is 2.77 bits per heavy atom. The molecule has 3 rings (SSSR count). The van der Waals surface area contributed by atoms with E-state index in [1.54, 1.807) is 4.31 Å². The quantitative estimate of drug-likeness (QED) is 0.787. The molecule has 0 unspecified atom stereocenters. The van der Waals surface area contributed by atoms with E-state index < -0.39 is 10.2 Å². The smallest absolute Gasteiger partial charge is 0.282 e. The lowest BCUT2D eigenvalue weighted by molar-refractivity contribution is 0.0695. The number of nitrogens with one attached hydrogen (secondary N) is 1. The van der Waals surface area contributed by atoms with Crippen LogP contribution in [0.25, 0.3) is 0 Å². The number of aromatic amines is 1. The Hall–Kier alpha value is -1.00. The van der Waals surface area contributed by atoms with Crippen molar-refractivity contribution in [2.45, 2.75) is 25.4 Å². The molecule has 0 spiro atoms. The van der Waals surface area contributed by atoms with Crippen molar-refractivity contribution < 1.29 is 18.3 Å². The molecule has 1 atom stereocenters. The van der Waals surface area contributed by atoms with Gasteiger partial charge in [-0.1, -0.05) is 0 Å². The summed E-state index contributed by atoms with van der Waals surface area (Å²) < 4.78 is 33.7. The van der Waals surface area contributed by atoms with E-state index >= 15 is 0 Å². The summed E-state index contributed by atoms with van der Waals surface area (Å²) in [6.07, 6.45) is 1.72. The third-order valence-corrected chi connectivity index (χ3v) is 6.25. The number of nitrogens with zero attached hydrogens (tertiary/aromatic N) is 3. The lowest BCUT2D eigenvalue weighted by atomic mass is 9.96. The van der Waals surface area contributed by atoms with Gasteiger partial charge in [0.25, 0.3) is 10.2 Å². The molecule has 0 amide bonds. The molecule has 2 aliphatic heterocycles. The van der Waals surface area contributed by atoms with Crippen LogP contribution in [0.3, 0.4) is 0 Å². The van der Waals surface area contributed by atoms with Gasteiger partial charge in [0.05, 0.1) is 31.2 Å². The Labute approximate surface area is 130 Å². The van der Waals surface area contributed by atoms with E-state index in [2.05, 4.69) is 10.2 Å². The average Bonchev–Trinajstić information content (AvgIpc) is 3.05. The van der Waals surface area contributed by atoms with Crippen LogP contribution in [0.4, 0.5) is 0 Å². The third kappa shape index (κ3) is 3.18. The van der Waals surface area contributed by atoms with Gasteiger partial charge < -0.3 is 9.84 Å². The Morgan fingerprint density at radius 2 is 2.09 bits per heavy atom. The van der Waals surface area contributed by atoms with Crippen LogP contribution >= 0.6 is 0 Å². The van der Waals surface area contributed by atoms with Gasteiger partial charge in [0.1, 0.15) is 0 Å². The summed E-state index contributed by atoms with van der Waals surface area (Å²) >= 11 is 0. The number of H-pyrrole nitrogens is 1. The molecule has 0 aliphatic carbocycles. The minimum Gasteiger partial charge on any atom is -0.390 e. The van der Waals surface area contributed by atoms with Gasteiger partial charge >= 0.3 is 0 Å². The van der Waals surface area contributed by atoms with Gasteiger partial charge in [-0.2, -0.15) is 22.1 Å². The molecule has 22 heavy (non-hydrogen) atoms. The molecule has 2 N–H and O–H groups in total. The normalized spacial score (nSPS) is 25.4. The average molecular weight is 330 g/mol. The molecular formula is C13H22N4O4S. The van der Waals surface area contributed by atoms with Gasteiger partial charge in [-0.15, -0.1) is 0 Å². The summed E-state index contributed by atoms with van der Waals surface area (Å²) in [5, 5.41) is 16.1. The first kappa shape index (κ1) is 15.9. The number of morpholine rings is 1. The molecular weight excluding hydrogens is 308 g/mol. The SMILES string of the molecule is O=S(=O)(N1CCOCC1)N1CCC[C@@H](c2cc(CO)[nH]n2)C1. The van der Waals surface area contributed by atoms with Gasteiger partial charge in [-0.3, -0.25) is 5.10 Å². The minimum atomic E-state index is -3.43. The zero-order valence-electron chi connectivity index (χ0n) is 12.4. The first-order valence-corrected chi connectivity index (χ1v) is 8.99. The van der Waals surface area contributed by atoms with Crippen molar-refractivity contribution in [2.75, 3.05) is 39.4 Å². The highest BCUT2D eigenvalue weighted by atomic mass is 32.2. The lowest BCUT2D eigenvalue weighted by Crippen LogP contribution is -2.51. The van der Waals surface area contributed by atoms with E-state index in [1.165, 1.54) is 4.31 Å². The molecule has 8 nitrogen and oxygen atoms in total. The zero-order valence-corrected chi connectivity index (χ0v) is 13.3. The Morgan fingerprint density at radius 1 is 1.32 bits per heavy atom. The third-order valence-electron chi connectivity index (χ3n) is 4.25. The molecule has 2 fully saturated rings. The highest BCUT2D eigenvalue weighted by molar-refractivity contribution is 7.86. The van der Waals surface area contributed by atoms with E-state index in [4.69, 9.17) is 9.84 Å². The molecule has 1 aromatic rings. The second-order valence-corrected chi connectivity index (χ2v) is 7.62. The summed E-state index contributed by atoms with van der Waals surface area (Å²) in [5.41, 5.74) is 1.48. The molecule has 0 saturated carbocycles.